The van der Waals surface area contributed by atoms with Gasteiger partial charge in [-0.25, -0.2) is 4.57 Å². The van der Waals surface area contributed by atoms with Crippen LogP contribution in [-0.2, 0) is 18.8 Å². The monoisotopic (exact) mass is 405 g/mol. The van der Waals surface area contributed by atoms with Crippen molar-refractivity contribution in [3.63, 3.8) is 0 Å². The molecule has 30 heavy (non-hydrogen) atoms. The molecule has 1 nitrogen and oxygen atoms in total. The number of rotatable bonds is 3. The molecule has 0 amide bonds. The zero-order valence-electron chi connectivity index (χ0n) is 24.6. The topological polar surface area (TPSA) is 3.88 Å². The minimum absolute atomic E-state index is 0.166. The molecule has 0 aliphatic rings. The Bertz CT molecular complexity index is 1240. The van der Waals surface area contributed by atoms with Gasteiger partial charge in [0.2, 0.25) is 5.69 Å². The van der Waals surface area contributed by atoms with Crippen LogP contribution in [0.4, 0.5) is 0 Å². The highest BCUT2D eigenvalue weighted by molar-refractivity contribution is 5.78. The van der Waals surface area contributed by atoms with Gasteiger partial charge in [-0.15, -0.1) is 0 Å². The van der Waals surface area contributed by atoms with Crippen molar-refractivity contribution >= 4 is 0 Å². The Hall–Kier alpha value is -2.41. The van der Waals surface area contributed by atoms with Gasteiger partial charge in [-0.2, -0.15) is 0 Å². The maximum absolute atomic E-state index is 8.77. The highest BCUT2D eigenvalue weighted by Gasteiger charge is 2.22. The fourth-order valence-corrected chi connectivity index (χ4v) is 3.93. The lowest BCUT2D eigenvalue weighted by Gasteiger charge is -2.24. The summed E-state index contributed by atoms with van der Waals surface area (Å²) in [5.74, 6) is 0. The smallest absolute Gasteiger partial charge is 0.201 e. The molecule has 0 N–H and O–H groups in total. The van der Waals surface area contributed by atoms with Crippen LogP contribution in [0.2, 0.25) is 0 Å². The van der Waals surface area contributed by atoms with Gasteiger partial charge in [0, 0.05) is 24.5 Å². The highest BCUT2D eigenvalue weighted by atomic mass is 14.9. The van der Waals surface area contributed by atoms with E-state index >= 15 is 0 Å². The third-order valence-corrected chi connectivity index (χ3v) is 5.33. The van der Waals surface area contributed by atoms with E-state index in [9.17, 15) is 0 Å². The Morgan fingerprint density at radius 2 is 1.57 bits per heavy atom. The number of benzene rings is 2. The fraction of sp³-hybridized carbons (Fsp3) is 0.414. The molecular formula is C29H38N+. The maximum atomic E-state index is 8.77. The third-order valence-electron chi connectivity index (χ3n) is 5.33. The van der Waals surface area contributed by atoms with Crippen LogP contribution in [0.25, 0.3) is 22.4 Å². The van der Waals surface area contributed by atoms with Crippen LogP contribution < -0.4 is 4.57 Å². The Kier molecular flexibility index (Phi) is 4.36. The van der Waals surface area contributed by atoms with Gasteiger partial charge < -0.3 is 0 Å². The lowest BCUT2D eigenvalue weighted by molar-refractivity contribution is -0.660. The molecule has 0 aliphatic carbocycles. The van der Waals surface area contributed by atoms with Gasteiger partial charge in [-0.3, -0.25) is 0 Å². The lowest BCUT2D eigenvalue weighted by atomic mass is 9.80. The Morgan fingerprint density at radius 3 is 2.20 bits per heavy atom. The second-order valence-corrected chi connectivity index (χ2v) is 10.3. The molecule has 3 rings (SSSR count). The molecule has 0 radical (unpaired) electrons. The van der Waals surface area contributed by atoms with E-state index < -0.39 is 18.6 Å². The quantitative estimate of drug-likeness (QED) is 0.401. The standard InChI is InChI=1S/C29H38N/c1-20-16-21(2)25(27-17-22(14-15-30(27)9)19-28(3,4)5)18-24(20)23-12-10-11-13-26(23)29(6,7)8/h10-18H,19H2,1-9H3/q+1/i1D3,19D2. The number of hydrogen-bond acceptors (Lipinski definition) is 0. The molecule has 0 bridgehead atoms. The van der Waals surface area contributed by atoms with Crippen molar-refractivity contribution in [2.45, 2.75) is 67.1 Å². The first-order valence-corrected chi connectivity index (χ1v) is 10.6. The van der Waals surface area contributed by atoms with E-state index in [1.807, 2.05) is 81.9 Å². The van der Waals surface area contributed by atoms with Gasteiger partial charge in [-0.05, 0) is 70.4 Å². The average molecular weight is 406 g/mol. The molecule has 2 aromatic carbocycles. The predicted molar refractivity (Wildman–Crippen MR) is 130 cm³/mol. The van der Waals surface area contributed by atoms with E-state index in [4.69, 9.17) is 6.85 Å². The van der Waals surface area contributed by atoms with Crippen LogP contribution in [0.5, 0.6) is 0 Å². The van der Waals surface area contributed by atoms with Crippen LogP contribution in [0.1, 0.15) is 70.7 Å². The Morgan fingerprint density at radius 1 is 0.867 bits per heavy atom. The van der Waals surface area contributed by atoms with Crippen molar-refractivity contribution < 1.29 is 11.4 Å². The molecule has 0 fully saturated rings. The van der Waals surface area contributed by atoms with Crippen molar-refractivity contribution in [2.75, 3.05) is 0 Å². The molecule has 1 aromatic heterocycles. The van der Waals surface area contributed by atoms with Crippen LogP contribution in [0.15, 0.2) is 54.7 Å². The first-order chi connectivity index (χ1) is 15.9. The zero-order chi connectivity index (χ0) is 26.6. The summed E-state index contributed by atoms with van der Waals surface area (Å²) in [6.07, 6.45) is 0.346. The van der Waals surface area contributed by atoms with Gasteiger partial charge in [0.05, 0.1) is 0 Å². The maximum Gasteiger partial charge on any atom is 0.212 e. The Labute approximate surface area is 190 Å². The van der Waals surface area contributed by atoms with Crippen molar-refractivity contribution in [1.82, 2.24) is 0 Å². The fourth-order valence-electron chi connectivity index (χ4n) is 3.93. The van der Waals surface area contributed by atoms with Gasteiger partial charge in [-0.1, -0.05) is 71.9 Å². The largest absolute Gasteiger partial charge is 0.212 e. The van der Waals surface area contributed by atoms with Crippen LogP contribution >= 0.6 is 0 Å². The van der Waals surface area contributed by atoms with Crippen molar-refractivity contribution in [3.8, 4) is 22.4 Å². The minimum atomic E-state index is -2.27. The van der Waals surface area contributed by atoms with E-state index in [0.717, 1.165) is 27.9 Å². The first kappa shape index (κ1) is 16.3. The van der Waals surface area contributed by atoms with Crippen LogP contribution in [0.3, 0.4) is 0 Å². The number of pyridine rings is 1. The minimum Gasteiger partial charge on any atom is -0.201 e. The summed E-state index contributed by atoms with van der Waals surface area (Å²) in [7, 11) is 1.94. The molecule has 158 valence electrons. The summed E-state index contributed by atoms with van der Waals surface area (Å²) in [6, 6.07) is 15.5. The summed E-state index contributed by atoms with van der Waals surface area (Å²) in [6.45, 7) is 11.8. The number of aromatic nitrogens is 1. The van der Waals surface area contributed by atoms with E-state index in [1.54, 1.807) is 6.07 Å². The van der Waals surface area contributed by atoms with E-state index in [1.165, 1.54) is 0 Å². The zero-order valence-corrected chi connectivity index (χ0v) is 19.6. The van der Waals surface area contributed by atoms with Crippen molar-refractivity contribution in [1.29, 1.82) is 0 Å². The molecule has 0 saturated carbocycles. The second-order valence-electron chi connectivity index (χ2n) is 10.3. The molecule has 1 heteroatoms. The molecule has 1 heterocycles. The predicted octanol–water partition coefficient (Wildman–Crippen LogP) is 7.35. The van der Waals surface area contributed by atoms with E-state index in [0.29, 0.717) is 16.7 Å². The number of nitrogens with zero attached hydrogens (tertiary/aromatic N) is 1. The van der Waals surface area contributed by atoms with Crippen LogP contribution in [0, 0.1) is 19.2 Å². The number of hydrogen-bond donors (Lipinski definition) is 0. The van der Waals surface area contributed by atoms with E-state index in [-0.39, 0.29) is 5.41 Å². The average Bonchev–Trinajstić information content (AvgIpc) is 2.72. The molecule has 0 unspecified atom stereocenters. The molecule has 0 saturated heterocycles. The Balaban J connectivity index is 2.37. The molecular weight excluding hydrogens is 362 g/mol. The van der Waals surface area contributed by atoms with Crippen molar-refractivity contribution in [3.05, 3.63) is 77.0 Å². The molecule has 0 spiro atoms. The van der Waals surface area contributed by atoms with Crippen LogP contribution in [-0.4, -0.2) is 0 Å². The molecule has 3 aromatic rings. The summed E-state index contributed by atoms with van der Waals surface area (Å²) < 4.78 is 44.3. The van der Waals surface area contributed by atoms with Gasteiger partial charge >= 0.3 is 0 Å². The molecule has 0 aliphatic heterocycles. The summed E-state index contributed by atoms with van der Waals surface area (Å²) in [5, 5.41) is 0. The van der Waals surface area contributed by atoms with Gasteiger partial charge in [0.15, 0.2) is 6.20 Å². The summed E-state index contributed by atoms with van der Waals surface area (Å²) in [4.78, 5) is 0. The number of aryl methyl sites for hydroxylation is 3. The molecule has 0 atom stereocenters. The van der Waals surface area contributed by atoms with Gasteiger partial charge in [0.25, 0.3) is 0 Å². The summed E-state index contributed by atoms with van der Waals surface area (Å²) in [5.41, 5.74) is 5.47. The van der Waals surface area contributed by atoms with E-state index in [2.05, 4.69) is 26.8 Å². The first-order valence-electron chi connectivity index (χ1n) is 13.1. The summed E-state index contributed by atoms with van der Waals surface area (Å²) >= 11 is 0. The second kappa shape index (κ2) is 8.02. The lowest BCUT2D eigenvalue weighted by Crippen LogP contribution is -2.31. The normalized spacial score (nSPS) is 15.7. The van der Waals surface area contributed by atoms with Gasteiger partial charge in [0.1, 0.15) is 7.05 Å². The highest BCUT2D eigenvalue weighted by Crippen LogP contribution is 2.37. The SMILES string of the molecule is [2H]C([2H])([2H])c1cc(C)c(-c2cc(C([2H])([2H])C(C)(C)C)cc[n+]2C)cc1-c1ccccc1C(C)(C)C. The third kappa shape index (κ3) is 4.83. The van der Waals surface area contributed by atoms with Crippen molar-refractivity contribution in [2.24, 2.45) is 12.5 Å².